The summed E-state index contributed by atoms with van der Waals surface area (Å²) >= 11 is 0. The molecule has 2 N–H and O–H groups in total. The van der Waals surface area contributed by atoms with Crippen molar-refractivity contribution in [2.45, 2.75) is 64.1 Å². The van der Waals surface area contributed by atoms with Crippen LogP contribution in [-0.4, -0.2) is 18.6 Å². The fraction of sp³-hybridized carbons (Fsp3) is 0.667. The average molecular weight is 272 g/mol. The summed E-state index contributed by atoms with van der Waals surface area (Å²) in [6.07, 6.45) is 6.87. The largest absolute Gasteiger partial charge is 0.314 e. The molecule has 2 fully saturated rings. The standard InChI is InChI=1S/C18H28N2/c1-13-7-3-4-8-15(13)14(2)20-18-10-5-9-16(18)17-11-6-12-19-17/h3-4,7-8,14,16-20H,5-6,9-12H2,1-2H3. The van der Waals surface area contributed by atoms with Crippen LogP contribution in [0.2, 0.25) is 0 Å². The second-order valence-corrected chi connectivity index (χ2v) is 6.65. The molecule has 0 amide bonds. The third kappa shape index (κ3) is 2.91. The SMILES string of the molecule is Cc1ccccc1C(C)NC1CCCC1C1CCCN1. The number of hydrogen-bond donors (Lipinski definition) is 2. The molecule has 0 aromatic heterocycles. The Kier molecular flexibility index (Phi) is 4.42. The quantitative estimate of drug-likeness (QED) is 0.875. The molecule has 0 radical (unpaired) electrons. The fourth-order valence-electron chi connectivity index (χ4n) is 4.24. The van der Waals surface area contributed by atoms with Gasteiger partial charge in [0.15, 0.2) is 0 Å². The van der Waals surface area contributed by atoms with Crippen LogP contribution in [0.15, 0.2) is 24.3 Å². The van der Waals surface area contributed by atoms with Crippen LogP contribution < -0.4 is 10.6 Å². The van der Waals surface area contributed by atoms with Crippen molar-refractivity contribution in [2.24, 2.45) is 5.92 Å². The Morgan fingerprint density at radius 1 is 1.15 bits per heavy atom. The van der Waals surface area contributed by atoms with E-state index in [1.54, 1.807) is 0 Å². The summed E-state index contributed by atoms with van der Waals surface area (Å²) in [5.74, 6) is 0.837. The van der Waals surface area contributed by atoms with Gasteiger partial charge in [-0.1, -0.05) is 30.7 Å². The molecule has 2 aliphatic rings. The van der Waals surface area contributed by atoms with Crippen molar-refractivity contribution in [1.82, 2.24) is 10.6 Å². The number of nitrogens with one attached hydrogen (secondary N) is 2. The van der Waals surface area contributed by atoms with E-state index in [1.807, 2.05) is 0 Å². The molecule has 0 bridgehead atoms. The monoisotopic (exact) mass is 272 g/mol. The summed E-state index contributed by atoms with van der Waals surface area (Å²) in [7, 11) is 0. The maximum atomic E-state index is 3.92. The number of hydrogen-bond acceptors (Lipinski definition) is 2. The molecule has 2 nitrogen and oxygen atoms in total. The van der Waals surface area contributed by atoms with E-state index in [4.69, 9.17) is 0 Å². The fourth-order valence-corrected chi connectivity index (χ4v) is 4.24. The van der Waals surface area contributed by atoms with Gasteiger partial charge in [-0.05, 0) is 63.1 Å². The maximum Gasteiger partial charge on any atom is 0.0297 e. The van der Waals surface area contributed by atoms with Gasteiger partial charge in [-0.2, -0.15) is 0 Å². The van der Waals surface area contributed by atoms with Crippen LogP contribution >= 0.6 is 0 Å². The van der Waals surface area contributed by atoms with Crippen molar-refractivity contribution in [3.8, 4) is 0 Å². The van der Waals surface area contributed by atoms with E-state index in [2.05, 4.69) is 48.7 Å². The Bertz CT molecular complexity index is 437. The molecule has 1 heterocycles. The van der Waals surface area contributed by atoms with Gasteiger partial charge < -0.3 is 10.6 Å². The lowest BCUT2D eigenvalue weighted by Gasteiger charge is -2.30. The highest BCUT2D eigenvalue weighted by atomic mass is 15.0. The van der Waals surface area contributed by atoms with Gasteiger partial charge in [-0.25, -0.2) is 0 Å². The van der Waals surface area contributed by atoms with Gasteiger partial charge in [0.2, 0.25) is 0 Å². The van der Waals surface area contributed by atoms with E-state index in [1.165, 1.54) is 49.8 Å². The Morgan fingerprint density at radius 2 is 2.00 bits per heavy atom. The van der Waals surface area contributed by atoms with Crippen molar-refractivity contribution in [1.29, 1.82) is 0 Å². The lowest BCUT2D eigenvalue weighted by molar-refractivity contribution is 0.303. The molecule has 1 aliphatic heterocycles. The first-order valence-corrected chi connectivity index (χ1v) is 8.30. The summed E-state index contributed by atoms with van der Waals surface area (Å²) in [6.45, 7) is 5.76. The van der Waals surface area contributed by atoms with E-state index in [0.29, 0.717) is 12.1 Å². The van der Waals surface area contributed by atoms with Gasteiger partial charge in [0.25, 0.3) is 0 Å². The Morgan fingerprint density at radius 3 is 2.75 bits per heavy atom. The minimum atomic E-state index is 0.461. The van der Waals surface area contributed by atoms with E-state index in [9.17, 15) is 0 Å². The molecular weight excluding hydrogens is 244 g/mol. The van der Waals surface area contributed by atoms with Gasteiger partial charge in [0, 0.05) is 18.1 Å². The molecule has 1 aliphatic carbocycles. The maximum absolute atomic E-state index is 3.92. The smallest absolute Gasteiger partial charge is 0.0297 e. The van der Waals surface area contributed by atoms with Crippen molar-refractivity contribution < 1.29 is 0 Å². The molecule has 1 saturated carbocycles. The van der Waals surface area contributed by atoms with Gasteiger partial charge in [-0.15, -0.1) is 0 Å². The molecule has 4 atom stereocenters. The van der Waals surface area contributed by atoms with Crippen LogP contribution in [0, 0.1) is 12.8 Å². The molecule has 2 heteroatoms. The van der Waals surface area contributed by atoms with Crippen molar-refractivity contribution in [2.75, 3.05) is 6.54 Å². The predicted octanol–water partition coefficient (Wildman–Crippen LogP) is 3.57. The molecule has 1 aromatic carbocycles. The van der Waals surface area contributed by atoms with Gasteiger partial charge >= 0.3 is 0 Å². The molecule has 1 aromatic rings. The molecule has 110 valence electrons. The van der Waals surface area contributed by atoms with Crippen LogP contribution in [0.1, 0.15) is 56.2 Å². The van der Waals surface area contributed by atoms with E-state index in [0.717, 1.165) is 12.0 Å². The Hall–Kier alpha value is -0.860. The normalized spacial score (nSPS) is 31.6. The van der Waals surface area contributed by atoms with Gasteiger partial charge in [0.05, 0.1) is 0 Å². The number of rotatable bonds is 4. The van der Waals surface area contributed by atoms with Crippen LogP contribution in [-0.2, 0) is 0 Å². The van der Waals surface area contributed by atoms with E-state index >= 15 is 0 Å². The second kappa shape index (κ2) is 6.28. The van der Waals surface area contributed by atoms with Crippen LogP contribution in [0.25, 0.3) is 0 Å². The zero-order valence-corrected chi connectivity index (χ0v) is 12.9. The van der Waals surface area contributed by atoms with Crippen LogP contribution in [0.4, 0.5) is 0 Å². The summed E-state index contributed by atoms with van der Waals surface area (Å²) in [5, 5.41) is 7.64. The van der Waals surface area contributed by atoms with Crippen LogP contribution in [0.5, 0.6) is 0 Å². The number of benzene rings is 1. The van der Waals surface area contributed by atoms with Crippen molar-refractivity contribution in [3.63, 3.8) is 0 Å². The lowest BCUT2D eigenvalue weighted by Crippen LogP contribution is -2.43. The van der Waals surface area contributed by atoms with Crippen molar-refractivity contribution in [3.05, 3.63) is 35.4 Å². The molecule has 4 unspecified atom stereocenters. The summed E-state index contributed by atoms with van der Waals surface area (Å²) in [4.78, 5) is 0. The highest BCUT2D eigenvalue weighted by Crippen LogP contribution is 2.33. The van der Waals surface area contributed by atoms with E-state index in [-0.39, 0.29) is 0 Å². The first kappa shape index (κ1) is 14.1. The van der Waals surface area contributed by atoms with Gasteiger partial charge in [-0.3, -0.25) is 0 Å². The van der Waals surface area contributed by atoms with Gasteiger partial charge in [0.1, 0.15) is 0 Å². The zero-order chi connectivity index (χ0) is 13.9. The predicted molar refractivity (Wildman–Crippen MR) is 84.9 cm³/mol. The summed E-state index contributed by atoms with van der Waals surface area (Å²) in [6, 6.07) is 10.7. The molecular formula is C18H28N2. The minimum absolute atomic E-state index is 0.461. The van der Waals surface area contributed by atoms with Crippen molar-refractivity contribution >= 4 is 0 Å². The molecule has 20 heavy (non-hydrogen) atoms. The zero-order valence-electron chi connectivity index (χ0n) is 12.9. The summed E-state index contributed by atoms with van der Waals surface area (Å²) in [5.41, 5.74) is 2.86. The minimum Gasteiger partial charge on any atom is -0.314 e. The van der Waals surface area contributed by atoms with Crippen LogP contribution in [0.3, 0.4) is 0 Å². The number of aryl methyl sites for hydroxylation is 1. The third-order valence-corrected chi connectivity index (χ3v) is 5.30. The topological polar surface area (TPSA) is 24.1 Å². The lowest BCUT2D eigenvalue weighted by atomic mass is 9.92. The Labute approximate surface area is 123 Å². The van der Waals surface area contributed by atoms with E-state index < -0.39 is 0 Å². The molecule has 1 saturated heterocycles. The first-order valence-electron chi connectivity index (χ1n) is 8.30. The highest BCUT2D eigenvalue weighted by Gasteiger charge is 2.35. The first-order chi connectivity index (χ1) is 9.75. The summed E-state index contributed by atoms with van der Waals surface area (Å²) < 4.78 is 0. The molecule has 0 spiro atoms. The molecule has 3 rings (SSSR count). The second-order valence-electron chi connectivity index (χ2n) is 6.65. The highest BCUT2D eigenvalue weighted by molar-refractivity contribution is 5.28. The third-order valence-electron chi connectivity index (χ3n) is 5.30. The Balaban J connectivity index is 1.65. The average Bonchev–Trinajstić information content (AvgIpc) is 3.09.